The maximum atomic E-state index is 8.38. The molecule has 1 N–H and O–H groups in total. The molecule has 0 saturated heterocycles. The first kappa shape index (κ1) is 12.7. The Morgan fingerprint density at radius 2 is 2.11 bits per heavy atom. The molecular formula is C16H22N2O. The third-order valence-electron chi connectivity index (χ3n) is 4.77. The molecule has 0 amide bonds. The molecule has 19 heavy (non-hydrogen) atoms. The lowest BCUT2D eigenvalue weighted by Crippen LogP contribution is -2.62. The van der Waals surface area contributed by atoms with E-state index in [1.165, 1.54) is 5.56 Å². The van der Waals surface area contributed by atoms with Gasteiger partial charge in [0.15, 0.2) is 0 Å². The van der Waals surface area contributed by atoms with Crippen LogP contribution in [0.4, 0.5) is 0 Å². The van der Waals surface area contributed by atoms with E-state index in [1.54, 1.807) is 0 Å². The summed E-state index contributed by atoms with van der Waals surface area (Å²) in [6.07, 6.45) is 1.37. The molecule has 3 rings (SSSR count). The van der Waals surface area contributed by atoms with Crippen molar-refractivity contribution in [1.82, 2.24) is 4.90 Å². The zero-order valence-corrected chi connectivity index (χ0v) is 11.9. The molecule has 3 heteroatoms. The van der Waals surface area contributed by atoms with Crippen LogP contribution in [0.25, 0.3) is 0 Å². The van der Waals surface area contributed by atoms with Gasteiger partial charge in [0.2, 0.25) is 0 Å². The van der Waals surface area contributed by atoms with Crippen LogP contribution in [0.1, 0.15) is 38.3 Å². The maximum Gasteiger partial charge on any atom is 0.128 e. The molecule has 1 fully saturated rings. The molecule has 0 aromatic heterocycles. The van der Waals surface area contributed by atoms with Gasteiger partial charge in [0.05, 0.1) is 6.10 Å². The Labute approximate surface area is 115 Å². The second-order valence-electron chi connectivity index (χ2n) is 6.15. The minimum Gasteiger partial charge on any atom is -0.378 e. The van der Waals surface area contributed by atoms with Gasteiger partial charge >= 0.3 is 0 Å². The standard InChI is InChI=1S/C16H22N2O/c1-4-19-14-9-13(16(14,2)3)18-10-11-7-5-6-8-12(11)15(18)17/h5-8,13-14,17H,4,9-10H2,1-3H3. The summed E-state index contributed by atoms with van der Waals surface area (Å²) in [5, 5.41) is 8.38. The van der Waals surface area contributed by atoms with Crippen molar-refractivity contribution in [2.75, 3.05) is 6.61 Å². The monoisotopic (exact) mass is 258 g/mol. The smallest absolute Gasteiger partial charge is 0.128 e. The summed E-state index contributed by atoms with van der Waals surface area (Å²) in [5.41, 5.74) is 2.51. The van der Waals surface area contributed by atoms with Crippen LogP contribution < -0.4 is 0 Å². The van der Waals surface area contributed by atoms with Gasteiger partial charge in [0.1, 0.15) is 5.84 Å². The lowest BCUT2D eigenvalue weighted by molar-refractivity contribution is -0.136. The predicted molar refractivity (Wildman–Crippen MR) is 76.4 cm³/mol. The molecule has 1 saturated carbocycles. The van der Waals surface area contributed by atoms with Gasteiger partial charge in [0, 0.05) is 30.2 Å². The summed E-state index contributed by atoms with van der Waals surface area (Å²) in [4.78, 5) is 2.25. The van der Waals surface area contributed by atoms with E-state index in [1.807, 2.05) is 6.07 Å². The quantitative estimate of drug-likeness (QED) is 0.904. The summed E-state index contributed by atoms with van der Waals surface area (Å²) < 4.78 is 5.80. The van der Waals surface area contributed by atoms with Crippen molar-refractivity contribution in [2.24, 2.45) is 5.41 Å². The highest BCUT2D eigenvalue weighted by atomic mass is 16.5. The van der Waals surface area contributed by atoms with E-state index in [-0.39, 0.29) is 5.41 Å². The number of nitrogens with one attached hydrogen (secondary N) is 1. The van der Waals surface area contributed by atoms with Crippen molar-refractivity contribution >= 4 is 5.84 Å². The normalized spacial score (nSPS) is 28.2. The molecule has 3 nitrogen and oxygen atoms in total. The first-order valence-corrected chi connectivity index (χ1v) is 7.10. The van der Waals surface area contributed by atoms with Gasteiger partial charge in [-0.2, -0.15) is 0 Å². The second-order valence-corrected chi connectivity index (χ2v) is 6.15. The molecule has 1 aliphatic carbocycles. The van der Waals surface area contributed by atoms with Crippen LogP contribution in [0.15, 0.2) is 24.3 Å². The Morgan fingerprint density at radius 1 is 1.37 bits per heavy atom. The van der Waals surface area contributed by atoms with Crippen molar-refractivity contribution in [1.29, 1.82) is 5.41 Å². The molecule has 0 bridgehead atoms. The number of ether oxygens (including phenoxy) is 1. The number of benzene rings is 1. The Balaban J connectivity index is 1.79. The minimum absolute atomic E-state index is 0.129. The molecule has 1 aliphatic heterocycles. The van der Waals surface area contributed by atoms with Gasteiger partial charge in [-0.25, -0.2) is 0 Å². The van der Waals surface area contributed by atoms with Gasteiger partial charge in [-0.3, -0.25) is 5.41 Å². The average Bonchev–Trinajstić information content (AvgIpc) is 2.72. The highest BCUT2D eigenvalue weighted by Gasteiger charge is 2.53. The number of rotatable bonds is 3. The zero-order chi connectivity index (χ0) is 13.6. The summed E-state index contributed by atoms with van der Waals surface area (Å²) in [6, 6.07) is 8.69. The van der Waals surface area contributed by atoms with Gasteiger partial charge in [0.25, 0.3) is 0 Å². The fraction of sp³-hybridized carbons (Fsp3) is 0.562. The molecule has 2 unspecified atom stereocenters. The van der Waals surface area contributed by atoms with Crippen molar-refractivity contribution < 1.29 is 4.74 Å². The molecule has 2 aliphatic rings. The molecule has 2 atom stereocenters. The van der Waals surface area contributed by atoms with E-state index < -0.39 is 0 Å². The predicted octanol–water partition coefficient (Wildman–Crippen LogP) is 3.03. The van der Waals surface area contributed by atoms with Crippen LogP contribution in [0.2, 0.25) is 0 Å². The van der Waals surface area contributed by atoms with E-state index in [2.05, 4.69) is 43.9 Å². The highest BCUT2D eigenvalue weighted by Crippen LogP contribution is 2.47. The van der Waals surface area contributed by atoms with Crippen molar-refractivity contribution in [3.8, 4) is 0 Å². The van der Waals surface area contributed by atoms with Gasteiger partial charge in [-0.15, -0.1) is 0 Å². The van der Waals surface area contributed by atoms with Gasteiger partial charge in [-0.1, -0.05) is 38.1 Å². The van der Waals surface area contributed by atoms with E-state index in [4.69, 9.17) is 10.1 Å². The zero-order valence-electron chi connectivity index (χ0n) is 11.9. The number of amidine groups is 1. The summed E-state index contributed by atoms with van der Waals surface area (Å²) in [7, 11) is 0. The third kappa shape index (κ3) is 1.79. The summed E-state index contributed by atoms with van der Waals surface area (Å²) in [6.45, 7) is 8.23. The third-order valence-corrected chi connectivity index (χ3v) is 4.77. The summed E-state index contributed by atoms with van der Waals surface area (Å²) >= 11 is 0. The average molecular weight is 258 g/mol. The Hall–Kier alpha value is -1.35. The number of hydrogen-bond donors (Lipinski definition) is 1. The van der Waals surface area contributed by atoms with Crippen molar-refractivity contribution in [2.45, 2.75) is 45.9 Å². The van der Waals surface area contributed by atoms with Crippen LogP contribution >= 0.6 is 0 Å². The molecule has 0 spiro atoms. The van der Waals surface area contributed by atoms with Crippen LogP contribution in [0.5, 0.6) is 0 Å². The highest BCUT2D eigenvalue weighted by molar-refractivity contribution is 6.00. The fourth-order valence-corrected chi connectivity index (χ4v) is 3.45. The minimum atomic E-state index is 0.129. The van der Waals surface area contributed by atoms with E-state index in [0.29, 0.717) is 18.0 Å². The molecular weight excluding hydrogens is 236 g/mol. The first-order valence-electron chi connectivity index (χ1n) is 7.10. The van der Waals surface area contributed by atoms with Crippen LogP contribution in [0, 0.1) is 10.8 Å². The van der Waals surface area contributed by atoms with Gasteiger partial charge in [-0.05, 0) is 18.9 Å². The number of fused-ring (bicyclic) bond motifs is 1. The maximum absolute atomic E-state index is 8.38. The number of hydrogen-bond acceptors (Lipinski definition) is 2. The largest absolute Gasteiger partial charge is 0.378 e. The SMILES string of the molecule is CCOC1CC(N2Cc3ccccc3C2=N)C1(C)C. The summed E-state index contributed by atoms with van der Waals surface area (Å²) in [5.74, 6) is 0.684. The van der Waals surface area contributed by atoms with E-state index in [0.717, 1.165) is 25.1 Å². The lowest BCUT2D eigenvalue weighted by atomic mass is 9.63. The molecule has 0 radical (unpaired) electrons. The first-order chi connectivity index (χ1) is 9.05. The van der Waals surface area contributed by atoms with E-state index >= 15 is 0 Å². The molecule has 1 heterocycles. The van der Waals surface area contributed by atoms with E-state index in [9.17, 15) is 0 Å². The molecule has 1 aromatic rings. The second kappa shape index (κ2) is 4.34. The number of nitrogens with zero attached hydrogens (tertiary/aromatic N) is 1. The Bertz CT molecular complexity index is 509. The molecule has 1 aromatic carbocycles. The van der Waals surface area contributed by atoms with Gasteiger partial charge < -0.3 is 9.64 Å². The Kier molecular flexibility index (Phi) is 2.90. The molecule has 102 valence electrons. The van der Waals surface area contributed by atoms with Crippen LogP contribution in [-0.4, -0.2) is 29.5 Å². The van der Waals surface area contributed by atoms with Crippen molar-refractivity contribution in [3.05, 3.63) is 35.4 Å². The van der Waals surface area contributed by atoms with Crippen LogP contribution in [0.3, 0.4) is 0 Å². The lowest BCUT2D eigenvalue weighted by Gasteiger charge is -2.55. The Morgan fingerprint density at radius 3 is 2.74 bits per heavy atom. The van der Waals surface area contributed by atoms with Crippen LogP contribution in [-0.2, 0) is 11.3 Å². The van der Waals surface area contributed by atoms with Crippen molar-refractivity contribution in [3.63, 3.8) is 0 Å². The topological polar surface area (TPSA) is 36.3 Å². The fourth-order valence-electron chi connectivity index (χ4n) is 3.45.